The lowest BCUT2D eigenvalue weighted by Crippen LogP contribution is -3.00. The van der Waals surface area contributed by atoms with Gasteiger partial charge in [0.25, 0.3) is 11.8 Å². The third-order valence-corrected chi connectivity index (χ3v) is 13.3. The van der Waals surface area contributed by atoms with E-state index >= 15 is 0 Å². The summed E-state index contributed by atoms with van der Waals surface area (Å²) in [7, 11) is 1.56. The highest BCUT2D eigenvalue weighted by atomic mass is 127. The Morgan fingerprint density at radius 3 is 2.36 bits per heavy atom. The number of rotatable bonds is 15. The van der Waals surface area contributed by atoms with Crippen molar-refractivity contribution in [2.45, 2.75) is 103 Å². The second kappa shape index (κ2) is 21.5. The van der Waals surface area contributed by atoms with Gasteiger partial charge in [-0.1, -0.05) is 17.3 Å². The SMILES string of the molecule is COc1ccc(COC(=O)C2=C(C[n+]3ccc4c(ccn4Cc4cc(C(=N)NC(=O)OC(C)(C)C)cs4)c3)CS[C@@H]3[C@H](NC(=O)/C(=N\OC(C)(C)C(=O)OC(C)(C)C)c4csc(N)n4)C(=O)N23)cc1.[I-]. The maximum absolute atomic E-state index is 14.2. The van der Waals surface area contributed by atoms with Gasteiger partial charge in [-0.15, -0.1) is 34.4 Å². The van der Waals surface area contributed by atoms with Gasteiger partial charge < -0.3 is 63.4 Å². The van der Waals surface area contributed by atoms with Crippen LogP contribution in [0.5, 0.6) is 5.75 Å². The summed E-state index contributed by atoms with van der Waals surface area (Å²) >= 11 is 3.90. The quantitative estimate of drug-likeness (QED) is 0.0173. The van der Waals surface area contributed by atoms with Crippen LogP contribution in [0.15, 0.2) is 88.2 Å². The molecule has 5 aromatic rings. The molecule has 2 aliphatic rings. The lowest BCUT2D eigenvalue weighted by Gasteiger charge is -2.49. The number of amides is 3. The van der Waals surface area contributed by atoms with Crippen molar-refractivity contribution in [3.05, 3.63) is 105 Å². The predicted octanol–water partition coefficient (Wildman–Crippen LogP) is 2.88. The van der Waals surface area contributed by atoms with Crippen molar-refractivity contribution in [1.29, 1.82) is 5.41 Å². The number of aromatic nitrogens is 3. The molecule has 3 amide bonds. The summed E-state index contributed by atoms with van der Waals surface area (Å²) in [5, 5.41) is 21.3. The van der Waals surface area contributed by atoms with Crippen molar-refractivity contribution in [3.8, 4) is 5.75 Å². The van der Waals surface area contributed by atoms with Crippen LogP contribution in [0.25, 0.3) is 10.9 Å². The summed E-state index contributed by atoms with van der Waals surface area (Å²) in [6.07, 6.45) is 5.11. The second-order valence-corrected chi connectivity index (χ2v) is 21.5. The Morgan fingerprint density at radius 2 is 1.70 bits per heavy atom. The molecule has 0 spiro atoms. The maximum atomic E-state index is 14.2. The Labute approximate surface area is 433 Å². The fourth-order valence-electron chi connectivity index (χ4n) is 7.03. The van der Waals surface area contributed by atoms with Gasteiger partial charge in [0.2, 0.25) is 5.60 Å². The third-order valence-electron chi connectivity index (χ3n) is 10.3. The van der Waals surface area contributed by atoms with Crippen LogP contribution in [0.1, 0.15) is 77.1 Å². The van der Waals surface area contributed by atoms with Gasteiger partial charge in [0.05, 0.1) is 24.6 Å². The first-order valence-electron chi connectivity index (χ1n) is 21.6. The van der Waals surface area contributed by atoms with Crippen molar-refractivity contribution in [2.24, 2.45) is 5.16 Å². The molecule has 0 saturated carbocycles. The van der Waals surface area contributed by atoms with E-state index in [2.05, 4.69) is 25.3 Å². The zero-order valence-electron chi connectivity index (χ0n) is 39.9. The van der Waals surface area contributed by atoms with Crippen LogP contribution in [0.4, 0.5) is 9.93 Å². The number of fused-ring (bicyclic) bond motifs is 2. The van der Waals surface area contributed by atoms with E-state index in [4.69, 9.17) is 34.9 Å². The van der Waals surface area contributed by atoms with E-state index in [0.717, 1.165) is 27.1 Å². The fourth-order valence-corrected chi connectivity index (χ4v) is 9.78. The van der Waals surface area contributed by atoms with Crippen molar-refractivity contribution in [2.75, 3.05) is 18.6 Å². The van der Waals surface area contributed by atoms with E-state index in [-0.39, 0.29) is 65.2 Å². The minimum absolute atomic E-state index is 0. The number of thiazole rings is 1. The first kappa shape index (κ1) is 53.3. The number of thioether (sulfide) groups is 1. The number of anilines is 1. The summed E-state index contributed by atoms with van der Waals surface area (Å²) in [5.74, 6) is -1.89. The number of nitrogens with one attached hydrogen (secondary N) is 3. The zero-order valence-corrected chi connectivity index (χ0v) is 44.5. The Hall–Kier alpha value is -6.05. The van der Waals surface area contributed by atoms with E-state index < -0.39 is 58.1 Å². The molecule has 0 unspecified atom stereocenters. The van der Waals surface area contributed by atoms with Crippen LogP contribution in [0.2, 0.25) is 0 Å². The number of halogens is 1. The first-order chi connectivity index (χ1) is 32.5. The molecular formula is C47H54IN9O10S3. The molecule has 19 nitrogen and oxygen atoms in total. The van der Waals surface area contributed by atoms with Gasteiger partial charge in [0, 0.05) is 44.8 Å². The van der Waals surface area contributed by atoms with Crippen LogP contribution >= 0.6 is 34.4 Å². The molecule has 23 heteroatoms. The molecule has 1 aromatic carbocycles. The van der Waals surface area contributed by atoms with E-state index in [0.29, 0.717) is 34.7 Å². The third kappa shape index (κ3) is 12.8. The van der Waals surface area contributed by atoms with Crippen molar-refractivity contribution in [1.82, 2.24) is 25.1 Å². The molecule has 70 heavy (non-hydrogen) atoms. The first-order valence-corrected chi connectivity index (χ1v) is 24.4. The largest absolute Gasteiger partial charge is 1.00 e. The van der Waals surface area contributed by atoms with Gasteiger partial charge in [-0.05, 0) is 85.2 Å². The minimum atomic E-state index is -1.61. The maximum Gasteiger partial charge on any atom is 0.413 e. The number of oxime groups is 1. The standard InChI is InChI=1S/C47H53N9O10S3.HI/c1-45(2,3)64-42(60)47(7,8)66-53-34(32-25-69-43(49)50-32)38(57)51-35-39(58)56-36(41(59)63-22-26-10-12-30(62-9)13-11-26)29(24-68-40(35)56)20-54-16-15-33-27(19-54)14-17-55(33)21-31-18-28(23-67-31)37(48)52-44(61)65-46(4,5)6;/h10-19,23,25,35,40H,20-22,24H2,1-9H3,(H4-,48,49,50,51,52,57,61);1H/b53-34-;/t35-,40-;/m1./s1. The molecular weight excluding hydrogens is 1070 g/mol. The van der Waals surface area contributed by atoms with E-state index in [1.165, 1.54) is 47.2 Å². The number of methoxy groups -OCH3 is 1. The topological polar surface area (TPSA) is 243 Å². The Balaban J connectivity index is 0.00000804. The number of pyridine rings is 1. The van der Waals surface area contributed by atoms with Crippen LogP contribution in [-0.4, -0.2) is 96.9 Å². The number of β-lactam (4-membered cyclic amide) rings is 1. The molecule has 1 fully saturated rings. The summed E-state index contributed by atoms with van der Waals surface area (Å²) in [5.41, 5.74) is 5.45. The molecule has 6 heterocycles. The van der Waals surface area contributed by atoms with E-state index in [1.807, 2.05) is 46.7 Å². The number of carbonyl (C=O) groups is 5. The highest BCUT2D eigenvalue weighted by Gasteiger charge is 2.55. The smallest absolute Gasteiger partial charge is 0.413 e. The van der Waals surface area contributed by atoms with Crippen molar-refractivity contribution >= 4 is 91.9 Å². The predicted molar refractivity (Wildman–Crippen MR) is 261 cm³/mol. The lowest BCUT2D eigenvalue weighted by atomic mass is 10.0. The Bertz CT molecular complexity index is 2880. The molecule has 2 aliphatic heterocycles. The van der Waals surface area contributed by atoms with Gasteiger partial charge in [0.1, 0.15) is 52.2 Å². The highest BCUT2D eigenvalue weighted by Crippen LogP contribution is 2.41. The van der Waals surface area contributed by atoms with Crippen LogP contribution in [0, 0.1) is 5.41 Å². The second-order valence-electron chi connectivity index (χ2n) is 18.6. The van der Waals surface area contributed by atoms with E-state index in [9.17, 15) is 24.0 Å². The lowest BCUT2D eigenvalue weighted by molar-refractivity contribution is -0.687. The highest BCUT2D eigenvalue weighted by molar-refractivity contribution is 8.00. The summed E-state index contributed by atoms with van der Waals surface area (Å²) < 4.78 is 25.9. The van der Waals surface area contributed by atoms with Crippen molar-refractivity contribution < 1.29 is 76.3 Å². The average molecular weight is 1130 g/mol. The number of hydrogen-bond donors (Lipinski definition) is 4. The van der Waals surface area contributed by atoms with Gasteiger partial charge in [-0.3, -0.25) is 25.2 Å². The summed E-state index contributed by atoms with van der Waals surface area (Å²) in [6.45, 7) is 14.0. The number of nitrogens with two attached hydrogens (primary N) is 1. The van der Waals surface area contributed by atoms with Gasteiger partial charge in [0.15, 0.2) is 29.8 Å². The van der Waals surface area contributed by atoms with E-state index in [1.54, 1.807) is 72.9 Å². The monoisotopic (exact) mass is 1130 g/mol. The summed E-state index contributed by atoms with van der Waals surface area (Å²) in [4.78, 5) is 79.7. The number of amidine groups is 1. The number of thiophene rings is 1. The number of nitrogens with zero attached hydrogens (tertiary/aromatic N) is 5. The van der Waals surface area contributed by atoms with Gasteiger partial charge >= 0.3 is 18.0 Å². The van der Waals surface area contributed by atoms with Crippen molar-refractivity contribution in [3.63, 3.8) is 0 Å². The molecule has 0 radical (unpaired) electrons. The van der Waals surface area contributed by atoms with Crippen LogP contribution in [0.3, 0.4) is 0 Å². The van der Waals surface area contributed by atoms with Crippen LogP contribution in [-0.2, 0) is 57.9 Å². The number of esters is 2. The number of alkyl carbamates (subject to hydrolysis) is 1. The number of ether oxygens (including phenoxy) is 4. The molecule has 4 aromatic heterocycles. The van der Waals surface area contributed by atoms with Gasteiger partial charge in [-0.25, -0.2) is 23.9 Å². The molecule has 0 aliphatic carbocycles. The summed E-state index contributed by atoms with van der Waals surface area (Å²) in [6, 6.07) is 11.8. The molecule has 372 valence electrons. The Morgan fingerprint density at radius 1 is 0.986 bits per heavy atom. The van der Waals surface area contributed by atoms with Gasteiger partial charge in [-0.2, -0.15) is 0 Å². The number of benzene rings is 1. The fraction of sp³-hybridized carbons (Fsp3) is 0.383. The molecule has 2 atom stereocenters. The molecule has 5 N–H and O–H groups in total. The zero-order chi connectivity index (χ0) is 50.0. The minimum Gasteiger partial charge on any atom is -1.00 e. The average Bonchev–Trinajstić information content (AvgIpc) is 4.04. The molecule has 0 bridgehead atoms. The normalized spacial score (nSPS) is 16.1. The molecule has 7 rings (SSSR count). The van der Waals surface area contributed by atoms with Crippen LogP contribution < -0.4 is 49.6 Å². The number of nitrogen functional groups attached to an aromatic ring is 1. The number of carbonyl (C=O) groups excluding carboxylic acids is 5. The Kier molecular flexibility index (Phi) is 16.4. The number of hydrogen-bond acceptors (Lipinski definition) is 17. The molecule has 1 saturated heterocycles.